The van der Waals surface area contributed by atoms with Crippen LogP contribution in [0.5, 0.6) is 0 Å². The zero-order valence-electron chi connectivity index (χ0n) is 8.35. The van der Waals surface area contributed by atoms with Crippen molar-refractivity contribution in [1.82, 2.24) is 0 Å². The standard InChI is InChI=1S/C6ClF11O2/c7-5(14,15)4(13,6(16,17)18)20-3(11,12)1(19)2(8,9)10. The van der Waals surface area contributed by atoms with Crippen molar-refractivity contribution in [2.24, 2.45) is 0 Å². The molecule has 0 aromatic heterocycles. The van der Waals surface area contributed by atoms with E-state index in [1.165, 1.54) is 0 Å². The van der Waals surface area contributed by atoms with E-state index in [0.29, 0.717) is 0 Å². The van der Waals surface area contributed by atoms with Gasteiger partial charge < -0.3 is 0 Å². The number of ketones is 1. The Morgan fingerprint density at radius 1 is 0.800 bits per heavy atom. The third kappa shape index (κ3) is 3.62. The first-order valence-electron chi connectivity index (χ1n) is 3.88. The molecule has 2 nitrogen and oxygen atoms in total. The predicted molar refractivity (Wildman–Crippen MR) is 37.8 cm³/mol. The molecule has 0 spiro atoms. The molecule has 1 unspecified atom stereocenters. The molecule has 0 fully saturated rings. The van der Waals surface area contributed by atoms with Crippen LogP contribution in [0.1, 0.15) is 0 Å². The van der Waals surface area contributed by atoms with Gasteiger partial charge in [-0.05, 0) is 11.6 Å². The molecule has 0 bridgehead atoms. The van der Waals surface area contributed by atoms with Gasteiger partial charge in [0.25, 0.3) is 0 Å². The summed E-state index contributed by atoms with van der Waals surface area (Å²) in [7, 11) is 0. The van der Waals surface area contributed by atoms with Crippen molar-refractivity contribution in [2.75, 3.05) is 0 Å². The SMILES string of the molecule is O=C(C(F)(F)F)C(F)(F)OC(F)(C(F)(F)F)C(F)(F)Cl. The zero-order valence-corrected chi connectivity index (χ0v) is 9.11. The van der Waals surface area contributed by atoms with Crippen LogP contribution in [0.2, 0.25) is 0 Å². The third-order valence-corrected chi connectivity index (χ3v) is 1.76. The van der Waals surface area contributed by atoms with Gasteiger partial charge >= 0.3 is 35.5 Å². The lowest BCUT2D eigenvalue weighted by atomic mass is 10.3. The van der Waals surface area contributed by atoms with E-state index in [9.17, 15) is 53.1 Å². The van der Waals surface area contributed by atoms with Gasteiger partial charge in [0.2, 0.25) is 0 Å². The fourth-order valence-corrected chi connectivity index (χ4v) is 0.810. The summed E-state index contributed by atoms with van der Waals surface area (Å²) in [6.07, 6.45) is -20.0. The number of halogens is 12. The number of carbonyl (C=O) groups excluding carboxylic acids is 1. The van der Waals surface area contributed by atoms with E-state index in [0.717, 1.165) is 0 Å². The van der Waals surface area contributed by atoms with Crippen LogP contribution in [-0.4, -0.2) is 35.5 Å². The van der Waals surface area contributed by atoms with Gasteiger partial charge in [-0.25, -0.2) is 0 Å². The van der Waals surface area contributed by atoms with Gasteiger partial charge in [-0.15, -0.1) is 0 Å². The van der Waals surface area contributed by atoms with Crippen molar-refractivity contribution in [2.45, 2.75) is 29.7 Å². The zero-order chi connectivity index (χ0) is 16.8. The Morgan fingerprint density at radius 2 is 1.15 bits per heavy atom. The molecule has 0 amide bonds. The summed E-state index contributed by atoms with van der Waals surface area (Å²) < 4.78 is 134. The van der Waals surface area contributed by atoms with Crippen LogP contribution in [-0.2, 0) is 9.53 Å². The molecular formula is C6ClF11O2. The van der Waals surface area contributed by atoms with Crippen LogP contribution < -0.4 is 0 Å². The number of ether oxygens (including phenoxy) is 1. The van der Waals surface area contributed by atoms with Crippen molar-refractivity contribution >= 4 is 17.4 Å². The minimum absolute atomic E-state index is 1.77. The number of Topliss-reactive ketones (excluding diaryl/α,β-unsaturated/α-hetero) is 1. The highest BCUT2D eigenvalue weighted by Gasteiger charge is 2.77. The topological polar surface area (TPSA) is 26.3 Å². The molecule has 14 heteroatoms. The van der Waals surface area contributed by atoms with Crippen molar-refractivity contribution < 1.29 is 57.8 Å². The first-order valence-corrected chi connectivity index (χ1v) is 4.26. The average Bonchev–Trinajstić information content (AvgIpc) is 2.10. The number of alkyl halides is 12. The van der Waals surface area contributed by atoms with Crippen molar-refractivity contribution in [3.63, 3.8) is 0 Å². The molecule has 0 aromatic carbocycles. The normalized spacial score (nSPS) is 17.8. The molecule has 0 aliphatic carbocycles. The van der Waals surface area contributed by atoms with Gasteiger partial charge in [0.15, 0.2) is 0 Å². The molecule has 0 aliphatic heterocycles. The molecule has 0 saturated carbocycles. The molecule has 0 saturated heterocycles. The second kappa shape index (κ2) is 4.86. The number of hydrogen-bond donors (Lipinski definition) is 0. The van der Waals surface area contributed by atoms with Gasteiger partial charge in [-0.2, -0.15) is 48.3 Å². The largest absolute Gasteiger partial charge is 0.459 e. The Morgan fingerprint density at radius 3 is 1.35 bits per heavy atom. The van der Waals surface area contributed by atoms with E-state index in [-0.39, 0.29) is 0 Å². The van der Waals surface area contributed by atoms with Gasteiger partial charge in [0.1, 0.15) is 0 Å². The quantitative estimate of drug-likeness (QED) is 0.571. The first-order chi connectivity index (χ1) is 8.36. The molecule has 0 rings (SSSR count). The summed E-state index contributed by atoms with van der Waals surface area (Å²) >= 11 is 3.57. The first kappa shape index (κ1) is 19.1. The highest BCUT2D eigenvalue weighted by Crippen LogP contribution is 2.51. The van der Waals surface area contributed by atoms with E-state index < -0.39 is 35.5 Å². The van der Waals surface area contributed by atoms with Crippen LogP contribution in [0, 0.1) is 0 Å². The molecule has 0 aromatic rings. The van der Waals surface area contributed by atoms with Crippen molar-refractivity contribution in [3.05, 3.63) is 0 Å². The van der Waals surface area contributed by atoms with Crippen LogP contribution in [0.15, 0.2) is 0 Å². The predicted octanol–water partition coefficient (Wildman–Crippen LogP) is 3.79. The summed E-state index contributed by atoms with van der Waals surface area (Å²) in [6, 6.07) is 0. The van der Waals surface area contributed by atoms with Gasteiger partial charge in [-0.1, -0.05) is 0 Å². The molecule has 20 heavy (non-hydrogen) atoms. The van der Waals surface area contributed by atoms with Crippen molar-refractivity contribution in [1.29, 1.82) is 0 Å². The Labute approximate surface area is 106 Å². The van der Waals surface area contributed by atoms with E-state index in [1.54, 1.807) is 4.74 Å². The van der Waals surface area contributed by atoms with E-state index >= 15 is 0 Å². The Balaban J connectivity index is 5.69. The second-order valence-corrected chi connectivity index (χ2v) is 3.51. The summed E-state index contributed by atoms with van der Waals surface area (Å²) in [4.78, 5) is 10.00. The van der Waals surface area contributed by atoms with Gasteiger partial charge in [0, 0.05) is 0 Å². The molecule has 0 N–H and O–H groups in total. The Bertz CT molecular complexity index is 364. The fraction of sp³-hybridized carbons (Fsp3) is 0.833. The average molecular weight is 348 g/mol. The number of hydrogen-bond acceptors (Lipinski definition) is 2. The van der Waals surface area contributed by atoms with Gasteiger partial charge in [0.05, 0.1) is 0 Å². The fourth-order valence-electron chi connectivity index (χ4n) is 0.664. The van der Waals surface area contributed by atoms with E-state index in [1.807, 2.05) is 0 Å². The maximum atomic E-state index is 12.8. The molecule has 0 aliphatic rings. The van der Waals surface area contributed by atoms with E-state index in [4.69, 9.17) is 0 Å². The summed E-state index contributed by atoms with van der Waals surface area (Å²) in [5, 5.41) is -6.24. The summed E-state index contributed by atoms with van der Waals surface area (Å²) in [5.74, 6) is -11.1. The number of carbonyl (C=O) groups is 1. The van der Waals surface area contributed by atoms with Gasteiger partial charge in [-0.3, -0.25) is 9.53 Å². The molecule has 0 heterocycles. The van der Waals surface area contributed by atoms with Crippen molar-refractivity contribution in [3.8, 4) is 0 Å². The Hall–Kier alpha value is -0.850. The Kier molecular flexibility index (Phi) is 4.65. The molecule has 0 radical (unpaired) electrons. The smallest absolute Gasteiger partial charge is 0.280 e. The van der Waals surface area contributed by atoms with Crippen LogP contribution in [0.25, 0.3) is 0 Å². The second-order valence-electron chi connectivity index (χ2n) is 3.04. The highest BCUT2D eigenvalue weighted by molar-refractivity contribution is 6.22. The van der Waals surface area contributed by atoms with Crippen LogP contribution in [0.4, 0.5) is 48.3 Å². The summed E-state index contributed by atoms with van der Waals surface area (Å²) in [5.41, 5.74) is 0. The molecule has 120 valence electrons. The lowest BCUT2D eigenvalue weighted by Gasteiger charge is -2.33. The maximum absolute atomic E-state index is 12.8. The molecular weight excluding hydrogens is 348 g/mol. The number of rotatable bonds is 4. The summed E-state index contributed by atoms with van der Waals surface area (Å²) in [6.45, 7) is 0. The van der Waals surface area contributed by atoms with E-state index in [2.05, 4.69) is 11.6 Å². The minimum atomic E-state index is -6.96. The van der Waals surface area contributed by atoms with Crippen LogP contribution >= 0.6 is 11.6 Å². The lowest BCUT2D eigenvalue weighted by molar-refractivity contribution is -0.436. The minimum Gasteiger partial charge on any atom is -0.280 e. The highest BCUT2D eigenvalue weighted by atomic mass is 35.5. The monoisotopic (exact) mass is 348 g/mol. The molecule has 1 atom stereocenters. The lowest BCUT2D eigenvalue weighted by Crippen LogP contribution is -2.60. The third-order valence-electron chi connectivity index (χ3n) is 1.52. The van der Waals surface area contributed by atoms with Crippen LogP contribution in [0.3, 0.4) is 0 Å². The maximum Gasteiger partial charge on any atom is 0.459 e.